The molecule has 1 atom stereocenters. The second-order valence-corrected chi connectivity index (χ2v) is 5.86. The van der Waals surface area contributed by atoms with Gasteiger partial charge in [0.1, 0.15) is 6.04 Å². The molecule has 1 saturated heterocycles. The second kappa shape index (κ2) is 7.20. The Morgan fingerprint density at radius 1 is 1.25 bits per heavy atom. The van der Waals surface area contributed by atoms with Crippen LogP contribution in [0.15, 0.2) is 28.7 Å². The molecule has 4 nitrogen and oxygen atoms in total. The molecule has 0 saturated carbocycles. The fourth-order valence-electron chi connectivity index (χ4n) is 2.62. The van der Waals surface area contributed by atoms with Gasteiger partial charge in [-0.1, -0.05) is 28.1 Å². The van der Waals surface area contributed by atoms with E-state index in [1.807, 2.05) is 24.3 Å². The zero-order valence-corrected chi connectivity index (χ0v) is 13.4. The lowest BCUT2D eigenvalue weighted by molar-refractivity contribution is -0.148. The molecular formula is C15H20BrNO3. The van der Waals surface area contributed by atoms with E-state index in [-0.39, 0.29) is 12.0 Å². The number of likely N-dealkylation sites (tertiary alicyclic amines) is 1. The van der Waals surface area contributed by atoms with Gasteiger partial charge in [0.2, 0.25) is 0 Å². The highest BCUT2D eigenvalue weighted by Gasteiger charge is 2.31. The van der Waals surface area contributed by atoms with E-state index in [9.17, 15) is 4.79 Å². The molecule has 1 aromatic carbocycles. The number of halogens is 1. The maximum Gasteiger partial charge on any atom is 0.327 e. The molecule has 1 aliphatic rings. The van der Waals surface area contributed by atoms with Crippen LogP contribution >= 0.6 is 15.9 Å². The van der Waals surface area contributed by atoms with E-state index in [0.717, 1.165) is 36.0 Å². The van der Waals surface area contributed by atoms with Gasteiger partial charge in [-0.3, -0.25) is 4.90 Å². The maximum atomic E-state index is 12.1. The van der Waals surface area contributed by atoms with Crippen molar-refractivity contribution < 1.29 is 14.3 Å². The van der Waals surface area contributed by atoms with E-state index in [4.69, 9.17) is 9.47 Å². The molecule has 0 radical (unpaired) electrons. The zero-order chi connectivity index (χ0) is 14.5. The molecule has 2 rings (SSSR count). The fraction of sp³-hybridized carbons (Fsp3) is 0.533. The lowest BCUT2D eigenvalue weighted by Gasteiger charge is -2.35. The smallest absolute Gasteiger partial charge is 0.327 e. The minimum atomic E-state index is -0.328. The van der Waals surface area contributed by atoms with Crippen LogP contribution in [-0.4, -0.2) is 44.3 Å². The van der Waals surface area contributed by atoms with Gasteiger partial charge >= 0.3 is 5.97 Å². The van der Waals surface area contributed by atoms with Crippen LogP contribution in [-0.2, 0) is 14.3 Å². The molecule has 20 heavy (non-hydrogen) atoms. The first kappa shape index (κ1) is 15.5. The van der Waals surface area contributed by atoms with Crippen molar-refractivity contribution in [2.24, 2.45) is 0 Å². The van der Waals surface area contributed by atoms with Crippen LogP contribution in [0.3, 0.4) is 0 Å². The van der Waals surface area contributed by atoms with E-state index in [0.29, 0.717) is 6.10 Å². The molecule has 0 bridgehead atoms. The van der Waals surface area contributed by atoms with Crippen LogP contribution in [0.2, 0.25) is 0 Å². The Morgan fingerprint density at radius 2 is 1.85 bits per heavy atom. The number of esters is 1. The summed E-state index contributed by atoms with van der Waals surface area (Å²) in [6.07, 6.45) is 2.19. The maximum absolute atomic E-state index is 12.1. The van der Waals surface area contributed by atoms with E-state index < -0.39 is 0 Å². The topological polar surface area (TPSA) is 38.8 Å². The normalized spacial score (nSPS) is 18.8. The predicted octanol–water partition coefficient (Wildman–Crippen LogP) is 2.77. The number of hydrogen-bond donors (Lipinski definition) is 0. The Balaban J connectivity index is 2.16. The number of carbonyl (C=O) groups excluding carboxylic acids is 1. The van der Waals surface area contributed by atoms with Crippen LogP contribution < -0.4 is 0 Å². The largest absolute Gasteiger partial charge is 0.468 e. The number of hydrogen-bond acceptors (Lipinski definition) is 4. The average Bonchev–Trinajstić information content (AvgIpc) is 2.50. The first-order chi connectivity index (χ1) is 9.65. The van der Waals surface area contributed by atoms with Crippen LogP contribution in [0.5, 0.6) is 0 Å². The molecule has 110 valence electrons. The van der Waals surface area contributed by atoms with Gasteiger partial charge in [-0.2, -0.15) is 0 Å². The third-order valence-corrected chi connectivity index (χ3v) is 4.31. The Morgan fingerprint density at radius 3 is 2.35 bits per heavy atom. The van der Waals surface area contributed by atoms with Crippen molar-refractivity contribution in [3.05, 3.63) is 34.3 Å². The summed E-state index contributed by atoms with van der Waals surface area (Å²) < 4.78 is 11.4. The van der Waals surface area contributed by atoms with Crippen molar-refractivity contribution in [2.75, 3.05) is 27.3 Å². The number of nitrogens with zero attached hydrogens (tertiary/aromatic N) is 1. The summed E-state index contributed by atoms with van der Waals surface area (Å²) in [5.74, 6) is -0.205. The SMILES string of the molecule is COC(=O)[C@H](c1ccc(Br)cc1)N1CCC(OC)CC1. The molecule has 0 spiro atoms. The standard InChI is InChI=1S/C15H20BrNO3/c1-19-13-7-9-17(10-8-13)14(15(18)20-2)11-3-5-12(16)6-4-11/h3-6,13-14H,7-10H2,1-2H3/t14-/m0/s1. The summed E-state index contributed by atoms with van der Waals surface area (Å²) >= 11 is 3.42. The summed E-state index contributed by atoms with van der Waals surface area (Å²) in [5.41, 5.74) is 0.968. The third kappa shape index (κ3) is 3.59. The first-order valence-electron chi connectivity index (χ1n) is 6.76. The number of methoxy groups -OCH3 is 2. The second-order valence-electron chi connectivity index (χ2n) is 4.95. The summed E-state index contributed by atoms with van der Waals surface area (Å²) in [4.78, 5) is 14.3. The summed E-state index contributed by atoms with van der Waals surface area (Å²) in [7, 11) is 3.18. The van der Waals surface area contributed by atoms with Gasteiger partial charge in [0.15, 0.2) is 0 Å². The molecule has 0 N–H and O–H groups in total. The van der Waals surface area contributed by atoms with Crippen molar-refractivity contribution in [3.8, 4) is 0 Å². The molecule has 0 unspecified atom stereocenters. The summed E-state index contributed by atoms with van der Waals surface area (Å²) in [5, 5.41) is 0. The van der Waals surface area contributed by atoms with Crippen LogP contribution in [0.1, 0.15) is 24.4 Å². The van der Waals surface area contributed by atoms with E-state index in [2.05, 4.69) is 20.8 Å². The van der Waals surface area contributed by atoms with Crippen LogP contribution in [0.25, 0.3) is 0 Å². The Bertz CT molecular complexity index is 441. The number of piperidine rings is 1. The van der Waals surface area contributed by atoms with E-state index in [1.165, 1.54) is 7.11 Å². The van der Waals surface area contributed by atoms with Gasteiger partial charge in [0.25, 0.3) is 0 Å². The average molecular weight is 342 g/mol. The van der Waals surface area contributed by atoms with Gasteiger partial charge in [-0.05, 0) is 30.5 Å². The van der Waals surface area contributed by atoms with Crippen molar-refractivity contribution in [1.29, 1.82) is 0 Å². The minimum Gasteiger partial charge on any atom is -0.468 e. The van der Waals surface area contributed by atoms with Gasteiger partial charge in [-0.15, -0.1) is 0 Å². The van der Waals surface area contributed by atoms with Crippen molar-refractivity contribution in [3.63, 3.8) is 0 Å². The highest BCUT2D eigenvalue weighted by atomic mass is 79.9. The molecule has 0 aliphatic carbocycles. The first-order valence-corrected chi connectivity index (χ1v) is 7.55. The van der Waals surface area contributed by atoms with Crippen molar-refractivity contribution >= 4 is 21.9 Å². The predicted molar refractivity (Wildman–Crippen MR) is 80.5 cm³/mol. The summed E-state index contributed by atoms with van der Waals surface area (Å²) in [6.45, 7) is 1.68. The number of carbonyl (C=O) groups is 1. The highest BCUT2D eigenvalue weighted by Crippen LogP contribution is 2.27. The van der Waals surface area contributed by atoms with Gasteiger partial charge < -0.3 is 9.47 Å². The molecular weight excluding hydrogens is 322 g/mol. The zero-order valence-electron chi connectivity index (χ0n) is 11.8. The van der Waals surface area contributed by atoms with Crippen LogP contribution in [0.4, 0.5) is 0 Å². The quantitative estimate of drug-likeness (QED) is 0.789. The molecule has 1 aliphatic heterocycles. The lowest BCUT2D eigenvalue weighted by Crippen LogP contribution is -2.42. The van der Waals surface area contributed by atoms with Gasteiger partial charge in [-0.25, -0.2) is 4.79 Å². The lowest BCUT2D eigenvalue weighted by atomic mass is 10.0. The van der Waals surface area contributed by atoms with Gasteiger partial charge in [0, 0.05) is 24.7 Å². The molecule has 5 heteroatoms. The van der Waals surface area contributed by atoms with Crippen molar-refractivity contribution in [1.82, 2.24) is 4.90 Å². The van der Waals surface area contributed by atoms with Crippen LogP contribution in [0, 0.1) is 0 Å². The number of ether oxygens (including phenoxy) is 2. The monoisotopic (exact) mass is 341 g/mol. The fourth-order valence-corrected chi connectivity index (χ4v) is 2.89. The highest BCUT2D eigenvalue weighted by molar-refractivity contribution is 9.10. The molecule has 1 aromatic rings. The third-order valence-electron chi connectivity index (χ3n) is 3.79. The Kier molecular flexibility index (Phi) is 5.57. The number of rotatable bonds is 4. The minimum absolute atomic E-state index is 0.205. The molecule has 0 aromatic heterocycles. The number of benzene rings is 1. The Labute approximate surface area is 128 Å². The molecule has 1 heterocycles. The van der Waals surface area contributed by atoms with Crippen molar-refractivity contribution in [2.45, 2.75) is 25.0 Å². The Hall–Kier alpha value is -0.910. The van der Waals surface area contributed by atoms with Gasteiger partial charge in [0.05, 0.1) is 13.2 Å². The molecule has 1 fully saturated rings. The summed E-state index contributed by atoms with van der Waals surface area (Å²) in [6, 6.07) is 7.51. The van der Waals surface area contributed by atoms with E-state index >= 15 is 0 Å². The van der Waals surface area contributed by atoms with E-state index in [1.54, 1.807) is 7.11 Å². The molecule has 0 amide bonds.